The van der Waals surface area contributed by atoms with E-state index in [1.54, 1.807) is 0 Å². The van der Waals surface area contributed by atoms with Gasteiger partial charge in [0.05, 0.1) is 13.2 Å². The fourth-order valence-electron chi connectivity index (χ4n) is 8.05. The molecule has 0 radical (unpaired) electrons. The molecule has 2 rings (SSSR count). The van der Waals surface area contributed by atoms with Gasteiger partial charge in [-0.2, -0.15) is 0 Å². The third-order valence-electron chi connectivity index (χ3n) is 12.4. The highest BCUT2D eigenvalue weighted by molar-refractivity contribution is 7.47. The molecule has 63 heavy (non-hydrogen) atoms. The van der Waals surface area contributed by atoms with Gasteiger partial charge in [-0.1, -0.05) is 129 Å². The van der Waals surface area contributed by atoms with E-state index in [2.05, 4.69) is 41.5 Å². The third kappa shape index (κ3) is 25.7. The van der Waals surface area contributed by atoms with Gasteiger partial charge in [-0.3, -0.25) is 18.6 Å². The van der Waals surface area contributed by atoms with Crippen LogP contribution < -0.4 is 5.73 Å². The number of nitrogens with two attached hydrogens (primary N) is 1. The zero-order chi connectivity index (χ0) is 46.1. The summed E-state index contributed by atoms with van der Waals surface area (Å²) in [7, 11) is -4.40. The molecule has 2 aromatic rings. The number of carbonyl (C=O) groups is 2. The number of hydrogen-bond acceptors (Lipinski definition) is 10. The van der Waals surface area contributed by atoms with Crippen LogP contribution in [0.2, 0.25) is 0 Å². The number of rotatable bonds is 41. The van der Waals surface area contributed by atoms with Crippen molar-refractivity contribution in [2.24, 2.45) is 5.73 Å². The maximum absolute atomic E-state index is 12.7. The summed E-state index contributed by atoms with van der Waals surface area (Å²) in [5.41, 5.74) is 10.7. The van der Waals surface area contributed by atoms with Crippen molar-refractivity contribution in [1.82, 2.24) is 0 Å². The van der Waals surface area contributed by atoms with Crippen molar-refractivity contribution in [3.63, 3.8) is 0 Å². The average molecular weight is 908 g/mol. The number of hydrogen-bond donors (Lipinski definition) is 2. The van der Waals surface area contributed by atoms with E-state index in [0.717, 1.165) is 76.4 Å². The molecule has 0 saturated carbocycles. The Morgan fingerprint density at radius 3 is 1.25 bits per heavy atom. The molecule has 2 aromatic heterocycles. The Kier molecular flexibility index (Phi) is 31.4. The van der Waals surface area contributed by atoms with Gasteiger partial charge in [0.1, 0.15) is 29.6 Å². The zero-order valence-corrected chi connectivity index (χ0v) is 41.7. The first kappa shape index (κ1) is 56.7. The molecule has 2 atom stereocenters. The second kappa shape index (κ2) is 34.9. The molecule has 0 aliphatic rings. The lowest BCUT2D eigenvalue weighted by Crippen LogP contribution is -2.29. The molecule has 0 aliphatic heterocycles. The van der Waals surface area contributed by atoms with E-state index in [9.17, 15) is 19.0 Å². The van der Waals surface area contributed by atoms with Crippen LogP contribution in [0.3, 0.4) is 0 Å². The first-order chi connectivity index (χ1) is 30.4. The minimum atomic E-state index is -4.40. The second-order valence-corrected chi connectivity index (χ2v) is 19.3. The number of ether oxygens (including phenoxy) is 2. The van der Waals surface area contributed by atoms with Crippen LogP contribution in [0.25, 0.3) is 0 Å². The van der Waals surface area contributed by atoms with Crippen LogP contribution in [0.4, 0.5) is 0 Å². The smallest absolute Gasteiger partial charge is 0.466 e. The van der Waals surface area contributed by atoms with E-state index in [1.807, 2.05) is 0 Å². The number of carbonyl (C=O) groups excluding carboxylic acids is 2. The van der Waals surface area contributed by atoms with Crippen molar-refractivity contribution in [3.05, 3.63) is 45.3 Å². The van der Waals surface area contributed by atoms with Crippen LogP contribution in [0.5, 0.6) is 0 Å². The Labute approximate surface area is 382 Å². The average Bonchev–Trinajstić information content (AvgIpc) is 3.69. The minimum Gasteiger partial charge on any atom is -0.466 e. The first-order valence-corrected chi connectivity index (χ1v) is 26.7. The van der Waals surface area contributed by atoms with Gasteiger partial charge in [0, 0.05) is 45.1 Å². The molecule has 0 aromatic carbocycles. The second-order valence-electron chi connectivity index (χ2n) is 17.9. The minimum absolute atomic E-state index is 0.0442. The third-order valence-corrected chi connectivity index (χ3v) is 13.4. The van der Waals surface area contributed by atoms with Crippen molar-refractivity contribution in [2.75, 3.05) is 26.4 Å². The predicted molar refractivity (Wildman–Crippen MR) is 254 cm³/mol. The summed E-state index contributed by atoms with van der Waals surface area (Å²) in [6.45, 7) is 12.4. The fraction of sp³-hybridized carbons (Fsp3) is 0.804. The topological polar surface area (TPSA) is 161 Å². The highest BCUT2D eigenvalue weighted by atomic mass is 31.2. The van der Waals surface area contributed by atoms with Gasteiger partial charge in [-0.25, -0.2) is 4.57 Å². The van der Waals surface area contributed by atoms with E-state index in [-0.39, 0.29) is 32.6 Å². The molecule has 364 valence electrons. The molecule has 12 heteroatoms. The van der Waals surface area contributed by atoms with Gasteiger partial charge in [-0.05, 0) is 88.5 Å². The molecule has 11 nitrogen and oxygen atoms in total. The Hall–Kier alpha value is -2.43. The molecule has 0 spiro atoms. The Balaban J connectivity index is 1.56. The highest BCUT2D eigenvalue weighted by Gasteiger charge is 2.26. The maximum atomic E-state index is 12.7. The molecule has 1 unspecified atom stereocenters. The van der Waals surface area contributed by atoms with Gasteiger partial charge in [0.15, 0.2) is 6.10 Å². The van der Waals surface area contributed by atoms with Gasteiger partial charge in [-0.15, -0.1) is 0 Å². The van der Waals surface area contributed by atoms with Gasteiger partial charge in [0.25, 0.3) is 0 Å². The summed E-state index contributed by atoms with van der Waals surface area (Å²) in [5, 5.41) is 0. The van der Waals surface area contributed by atoms with Crippen molar-refractivity contribution < 1.29 is 46.4 Å². The zero-order valence-electron chi connectivity index (χ0n) is 40.8. The molecule has 0 aliphatic carbocycles. The number of phosphoric ester groups is 1. The molecule has 0 bridgehead atoms. The quantitative estimate of drug-likeness (QED) is 0.0371. The Morgan fingerprint density at radius 1 is 0.524 bits per heavy atom. The Morgan fingerprint density at radius 2 is 0.873 bits per heavy atom. The van der Waals surface area contributed by atoms with Crippen molar-refractivity contribution in [2.45, 2.75) is 240 Å². The van der Waals surface area contributed by atoms with Gasteiger partial charge >= 0.3 is 19.8 Å². The lowest BCUT2D eigenvalue weighted by molar-refractivity contribution is -0.161. The summed E-state index contributed by atoms with van der Waals surface area (Å²) >= 11 is 0. The number of furan rings is 2. The van der Waals surface area contributed by atoms with E-state index < -0.39 is 32.5 Å². The van der Waals surface area contributed by atoms with Crippen molar-refractivity contribution >= 4 is 19.8 Å². The van der Waals surface area contributed by atoms with Gasteiger partial charge in [0.2, 0.25) is 0 Å². The normalized spacial score (nSPS) is 13.1. The van der Waals surface area contributed by atoms with Crippen LogP contribution in [0, 0.1) is 27.7 Å². The fourth-order valence-corrected chi connectivity index (χ4v) is 8.82. The lowest BCUT2D eigenvalue weighted by Gasteiger charge is -2.19. The Bertz CT molecular complexity index is 1550. The molecular formula is C51H90NO10P. The van der Waals surface area contributed by atoms with Crippen LogP contribution in [0.15, 0.2) is 8.83 Å². The molecular weight excluding hydrogens is 818 g/mol. The summed E-state index contributed by atoms with van der Waals surface area (Å²) < 4.78 is 45.5. The van der Waals surface area contributed by atoms with E-state index >= 15 is 0 Å². The summed E-state index contributed by atoms with van der Waals surface area (Å²) in [6.07, 6.45) is 30.5. The van der Waals surface area contributed by atoms with Crippen LogP contribution in [0.1, 0.15) is 226 Å². The van der Waals surface area contributed by atoms with Crippen molar-refractivity contribution in [1.29, 1.82) is 0 Å². The predicted octanol–water partition coefficient (Wildman–Crippen LogP) is 13.7. The molecule has 0 fully saturated rings. The van der Waals surface area contributed by atoms with Gasteiger partial charge < -0.3 is 28.9 Å². The summed E-state index contributed by atoms with van der Waals surface area (Å²) in [4.78, 5) is 35.2. The van der Waals surface area contributed by atoms with Crippen molar-refractivity contribution in [3.8, 4) is 0 Å². The molecule has 3 N–H and O–H groups in total. The van der Waals surface area contributed by atoms with Crippen LogP contribution in [-0.4, -0.2) is 49.3 Å². The standard InChI is InChI=1S/C51H90NO10P/c1-7-9-25-31-46-41(3)43(5)48(61-46)33-27-21-17-13-11-12-14-20-24-30-36-51(54)60-45(40-59-63(55,56)58-38-37-52)39-57-50(53)35-29-23-19-16-15-18-22-28-34-49-44(6)42(4)47(62-49)32-26-10-8-2/h45H,7-40,52H2,1-6H3,(H,55,56)/t45-/m1/s1. The monoisotopic (exact) mass is 908 g/mol. The number of unbranched alkanes of at least 4 members (excludes halogenated alkanes) is 20. The molecule has 0 amide bonds. The lowest BCUT2D eigenvalue weighted by atomic mass is 10.0. The van der Waals surface area contributed by atoms with Crippen LogP contribution in [-0.2, 0) is 58.4 Å². The molecule has 2 heterocycles. The SMILES string of the molecule is CCCCCc1oc(CCCCCCCCCCCCC(=O)O[C@H](COC(=O)CCCCCCCCCCc2oc(CCCCC)c(C)c2C)COP(=O)(O)OCCN)c(C)c1C. The van der Waals surface area contributed by atoms with Crippen LogP contribution >= 0.6 is 7.82 Å². The maximum Gasteiger partial charge on any atom is 0.472 e. The number of phosphoric acid groups is 1. The number of esters is 2. The first-order valence-electron chi connectivity index (χ1n) is 25.2. The van der Waals surface area contributed by atoms with E-state index in [4.69, 9.17) is 33.1 Å². The largest absolute Gasteiger partial charge is 0.472 e. The van der Waals surface area contributed by atoms with E-state index in [1.165, 1.54) is 136 Å². The summed E-state index contributed by atoms with van der Waals surface area (Å²) in [5.74, 6) is 3.85. The summed E-state index contributed by atoms with van der Waals surface area (Å²) in [6, 6.07) is 0. The highest BCUT2D eigenvalue weighted by Crippen LogP contribution is 2.43. The number of aryl methyl sites for hydroxylation is 4. The molecule has 0 saturated heterocycles. The van der Waals surface area contributed by atoms with E-state index in [0.29, 0.717) is 12.8 Å².